The number of hydrogen-bond donors (Lipinski definition) is 1. The van der Waals surface area contributed by atoms with Crippen LogP contribution in [0.25, 0.3) is 0 Å². The number of para-hydroxylation sites is 2. The SMILES string of the molecule is O=[N+]([O-])c1ccccc1OC1(Cl)C=CC=CC1S(=O)(=O)O. The van der Waals surface area contributed by atoms with E-state index in [1.165, 1.54) is 42.5 Å². The average Bonchev–Trinajstić information content (AvgIpc) is 2.37. The van der Waals surface area contributed by atoms with Crippen LogP contribution in [0.1, 0.15) is 0 Å². The van der Waals surface area contributed by atoms with Crippen molar-refractivity contribution in [1.82, 2.24) is 0 Å². The Bertz CT molecular complexity index is 729. The van der Waals surface area contributed by atoms with Crippen molar-refractivity contribution in [1.29, 1.82) is 0 Å². The maximum absolute atomic E-state index is 11.4. The summed E-state index contributed by atoms with van der Waals surface area (Å²) < 4.78 is 37.3. The number of nitro groups is 1. The fourth-order valence-corrected chi connectivity index (χ4v) is 3.22. The van der Waals surface area contributed by atoms with Crippen molar-refractivity contribution in [3.8, 4) is 5.75 Å². The van der Waals surface area contributed by atoms with E-state index in [1.54, 1.807) is 0 Å². The molecule has 0 heterocycles. The van der Waals surface area contributed by atoms with E-state index in [-0.39, 0.29) is 11.4 Å². The van der Waals surface area contributed by atoms with E-state index in [1.807, 2.05) is 0 Å². The predicted molar refractivity (Wildman–Crippen MR) is 75.9 cm³/mol. The van der Waals surface area contributed by atoms with Gasteiger partial charge in [-0.1, -0.05) is 42.0 Å². The Labute approximate surface area is 125 Å². The van der Waals surface area contributed by atoms with Crippen molar-refractivity contribution in [2.45, 2.75) is 10.3 Å². The van der Waals surface area contributed by atoms with Gasteiger partial charge in [0.2, 0.25) is 5.06 Å². The van der Waals surface area contributed by atoms with Gasteiger partial charge < -0.3 is 4.74 Å². The number of hydrogen-bond acceptors (Lipinski definition) is 5. The molecule has 1 aliphatic carbocycles. The highest BCUT2D eigenvalue weighted by Crippen LogP contribution is 2.37. The second-order valence-electron chi connectivity index (χ2n) is 4.20. The molecule has 9 heteroatoms. The maximum atomic E-state index is 11.4. The summed E-state index contributed by atoms with van der Waals surface area (Å²) in [5.41, 5.74) is -0.366. The Hall–Kier alpha value is -1.90. The number of alkyl halides is 1. The molecule has 0 saturated carbocycles. The van der Waals surface area contributed by atoms with Gasteiger partial charge in [0.15, 0.2) is 11.0 Å². The van der Waals surface area contributed by atoms with Gasteiger partial charge in [-0.2, -0.15) is 8.42 Å². The third kappa shape index (κ3) is 3.23. The molecule has 1 aromatic rings. The lowest BCUT2D eigenvalue weighted by atomic mass is 10.1. The number of allylic oxidation sites excluding steroid dienone is 2. The van der Waals surface area contributed by atoms with Crippen molar-refractivity contribution in [3.63, 3.8) is 0 Å². The Balaban J connectivity index is 2.44. The molecule has 0 saturated heterocycles. The van der Waals surface area contributed by atoms with Gasteiger partial charge in [-0.3, -0.25) is 14.7 Å². The number of nitro benzene ring substituents is 1. The van der Waals surface area contributed by atoms with Crippen LogP contribution in [-0.4, -0.2) is 28.2 Å². The minimum atomic E-state index is -4.55. The minimum absolute atomic E-state index is 0.203. The molecule has 0 aromatic heterocycles. The zero-order chi connectivity index (χ0) is 15.7. The Morgan fingerprint density at radius 2 is 2.00 bits per heavy atom. The summed E-state index contributed by atoms with van der Waals surface area (Å²) in [6, 6.07) is 5.39. The monoisotopic (exact) mass is 331 g/mol. The first-order chi connectivity index (χ1) is 9.74. The van der Waals surface area contributed by atoms with E-state index in [9.17, 15) is 23.1 Å². The molecule has 0 radical (unpaired) electrons. The fourth-order valence-electron chi connectivity index (χ4n) is 1.84. The zero-order valence-corrected chi connectivity index (χ0v) is 12.0. The summed E-state index contributed by atoms with van der Waals surface area (Å²) in [5.74, 6) is -0.203. The molecule has 112 valence electrons. The quantitative estimate of drug-likeness (QED) is 0.392. The third-order valence-corrected chi connectivity index (χ3v) is 4.47. The summed E-state index contributed by atoms with van der Waals surface area (Å²) in [4.78, 5) is 10.2. The van der Waals surface area contributed by atoms with E-state index in [0.29, 0.717) is 0 Å². The summed E-state index contributed by atoms with van der Waals surface area (Å²) in [7, 11) is -4.55. The highest BCUT2D eigenvalue weighted by Gasteiger charge is 2.45. The molecule has 7 nitrogen and oxygen atoms in total. The summed E-state index contributed by atoms with van der Waals surface area (Å²) in [5, 5.41) is 7.36. The van der Waals surface area contributed by atoms with Crippen molar-refractivity contribution >= 4 is 27.4 Å². The lowest BCUT2D eigenvalue weighted by molar-refractivity contribution is -0.386. The Morgan fingerprint density at radius 1 is 1.33 bits per heavy atom. The molecule has 0 spiro atoms. The van der Waals surface area contributed by atoms with Crippen LogP contribution in [0.2, 0.25) is 0 Å². The minimum Gasteiger partial charge on any atom is -0.459 e. The van der Waals surface area contributed by atoms with Crippen molar-refractivity contribution in [2.75, 3.05) is 0 Å². The molecular formula is C12H10ClNO6S. The molecule has 1 N–H and O–H groups in total. The largest absolute Gasteiger partial charge is 0.459 e. The average molecular weight is 332 g/mol. The maximum Gasteiger partial charge on any atom is 0.311 e. The van der Waals surface area contributed by atoms with Crippen molar-refractivity contribution in [3.05, 3.63) is 58.7 Å². The van der Waals surface area contributed by atoms with Gasteiger partial charge in [0.05, 0.1) is 4.92 Å². The molecular weight excluding hydrogens is 322 g/mol. The van der Waals surface area contributed by atoms with Crippen LogP contribution in [0.4, 0.5) is 5.69 Å². The fraction of sp³-hybridized carbons (Fsp3) is 0.167. The van der Waals surface area contributed by atoms with Crippen LogP contribution in [0.15, 0.2) is 48.6 Å². The normalized spacial score (nSPS) is 24.8. The smallest absolute Gasteiger partial charge is 0.311 e. The van der Waals surface area contributed by atoms with E-state index in [2.05, 4.69) is 0 Å². The Morgan fingerprint density at radius 3 is 2.62 bits per heavy atom. The lowest BCUT2D eigenvalue weighted by Crippen LogP contribution is -2.45. The molecule has 2 rings (SSSR count). The predicted octanol–water partition coefficient (Wildman–Crippen LogP) is 2.29. The van der Waals surface area contributed by atoms with Gasteiger partial charge in [-0.05, 0) is 12.1 Å². The number of nitrogens with zero attached hydrogens (tertiary/aromatic N) is 1. The van der Waals surface area contributed by atoms with Gasteiger partial charge in [-0.15, -0.1) is 0 Å². The third-order valence-electron chi connectivity index (χ3n) is 2.76. The molecule has 2 unspecified atom stereocenters. The van der Waals surface area contributed by atoms with E-state index >= 15 is 0 Å². The molecule has 2 atom stereocenters. The highest BCUT2D eigenvalue weighted by atomic mass is 35.5. The second-order valence-corrected chi connectivity index (χ2v) is 6.33. The topological polar surface area (TPSA) is 107 Å². The van der Waals surface area contributed by atoms with E-state index in [0.717, 1.165) is 6.08 Å². The van der Waals surface area contributed by atoms with Crippen molar-refractivity contribution < 1.29 is 22.6 Å². The van der Waals surface area contributed by atoms with Gasteiger partial charge in [-0.25, -0.2) is 0 Å². The van der Waals surface area contributed by atoms with Crippen LogP contribution >= 0.6 is 11.6 Å². The van der Waals surface area contributed by atoms with Crippen molar-refractivity contribution in [2.24, 2.45) is 0 Å². The molecule has 1 aliphatic rings. The first-order valence-electron chi connectivity index (χ1n) is 5.68. The number of ether oxygens (including phenoxy) is 1. The number of benzene rings is 1. The molecule has 0 aliphatic heterocycles. The van der Waals surface area contributed by atoms with Crippen LogP contribution in [0.5, 0.6) is 5.75 Å². The van der Waals surface area contributed by atoms with Gasteiger partial charge in [0.25, 0.3) is 10.1 Å². The van der Waals surface area contributed by atoms with Crippen LogP contribution < -0.4 is 4.74 Å². The lowest BCUT2D eigenvalue weighted by Gasteiger charge is -2.30. The highest BCUT2D eigenvalue weighted by molar-refractivity contribution is 7.86. The summed E-state index contributed by atoms with van der Waals surface area (Å²) in [6.07, 6.45) is 5.13. The Kier molecular flexibility index (Phi) is 4.04. The molecule has 0 bridgehead atoms. The molecule has 1 aromatic carbocycles. The first kappa shape index (κ1) is 15.5. The van der Waals surface area contributed by atoms with E-state index < -0.39 is 25.4 Å². The summed E-state index contributed by atoms with van der Waals surface area (Å²) >= 11 is 6.11. The van der Waals surface area contributed by atoms with Gasteiger partial charge in [0, 0.05) is 6.07 Å². The van der Waals surface area contributed by atoms with Gasteiger partial charge in [0.1, 0.15) is 0 Å². The number of rotatable bonds is 4. The van der Waals surface area contributed by atoms with Crippen LogP contribution in [-0.2, 0) is 10.1 Å². The van der Waals surface area contributed by atoms with E-state index in [4.69, 9.17) is 16.3 Å². The standard InChI is InChI=1S/C12H10ClNO6S/c13-12(8-4-3-7-11(12)21(17,18)19)20-10-6-2-1-5-9(10)14(15)16/h1-8,11H,(H,17,18,19). The number of halogens is 1. The van der Waals surface area contributed by atoms with Crippen LogP contribution in [0.3, 0.4) is 0 Å². The second kappa shape index (κ2) is 5.47. The summed E-state index contributed by atoms with van der Waals surface area (Å²) in [6.45, 7) is 0. The first-order valence-corrected chi connectivity index (χ1v) is 7.56. The zero-order valence-electron chi connectivity index (χ0n) is 10.4. The molecule has 0 amide bonds. The van der Waals surface area contributed by atoms with Gasteiger partial charge >= 0.3 is 5.69 Å². The van der Waals surface area contributed by atoms with Crippen LogP contribution in [0, 0.1) is 10.1 Å². The molecule has 21 heavy (non-hydrogen) atoms. The molecule has 0 fully saturated rings.